The van der Waals surface area contributed by atoms with Gasteiger partial charge in [-0.3, -0.25) is 0 Å². The molecule has 1 atom stereocenters. The first-order valence-electron chi connectivity index (χ1n) is 6.85. The molecule has 2 aromatic rings. The first-order valence-corrected chi connectivity index (χ1v) is 7.64. The maximum atomic E-state index is 13.5. The second-order valence-electron chi connectivity index (χ2n) is 5.76. The largest absolute Gasteiger partial charge is 0.324 e. The maximum Gasteiger partial charge on any atom is 0.124 e. The minimum Gasteiger partial charge on any atom is -0.324 e. The Labute approximate surface area is 127 Å². The topological polar surface area (TPSA) is 26.0 Å². The van der Waals surface area contributed by atoms with Gasteiger partial charge in [-0.25, -0.2) is 4.39 Å². The van der Waals surface area contributed by atoms with Gasteiger partial charge in [-0.2, -0.15) is 0 Å². The number of nitrogens with two attached hydrogens (primary N) is 1. The number of fused-ring (bicyclic) bond motifs is 1. The molecule has 0 bridgehead atoms. The lowest BCUT2D eigenvalue weighted by Crippen LogP contribution is -2.47. The Kier molecular flexibility index (Phi) is 3.65. The van der Waals surface area contributed by atoms with Crippen LogP contribution in [0.3, 0.4) is 0 Å². The van der Waals surface area contributed by atoms with Gasteiger partial charge in [0.15, 0.2) is 0 Å². The molecule has 3 heteroatoms. The SMILES string of the molecule is NC1(Cc2cc(F)cc(Br)c2)CCc2ccccc2C1. The number of benzene rings is 2. The molecule has 2 aromatic carbocycles. The van der Waals surface area contributed by atoms with Crippen LogP contribution in [0.1, 0.15) is 23.1 Å². The van der Waals surface area contributed by atoms with Gasteiger partial charge in [-0.1, -0.05) is 40.2 Å². The molecule has 1 unspecified atom stereocenters. The summed E-state index contributed by atoms with van der Waals surface area (Å²) < 4.78 is 14.2. The first kappa shape index (κ1) is 13.8. The minimum absolute atomic E-state index is 0.214. The lowest BCUT2D eigenvalue weighted by atomic mass is 9.75. The van der Waals surface area contributed by atoms with E-state index in [0.717, 1.165) is 29.3 Å². The third-order valence-electron chi connectivity index (χ3n) is 4.03. The first-order chi connectivity index (χ1) is 9.54. The van der Waals surface area contributed by atoms with Crippen molar-refractivity contribution >= 4 is 15.9 Å². The van der Waals surface area contributed by atoms with Crippen LogP contribution in [0.15, 0.2) is 46.9 Å². The average molecular weight is 334 g/mol. The van der Waals surface area contributed by atoms with Crippen molar-refractivity contribution in [2.24, 2.45) is 5.73 Å². The fourth-order valence-corrected chi connectivity index (χ4v) is 3.61. The molecule has 0 amide bonds. The highest BCUT2D eigenvalue weighted by Crippen LogP contribution is 2.30. The van der Waals surface area contributed by atoms with Crippen molar-refractivity contribution in [2.45, 2.75) is 31.2 Å². The molecular weight excluding hydrogens is 317 g/mol. The molecule has 104 valence electrons. The van der Waals surface area contributed by atoms with Crippen LogP contribution in [0.25, 0.3) is 0 Å². The average Bonchev–Trinajstić information content (AvgIpc) is 2.36. The van der Waals surface area contributed by atoms with E-state index >= 15 is 0 Å². The molecule has 0 spiro atoms. The molecule has 1 aliphatic rings. The molecular formula is C17H17BrFN. The molecule has 1 nitrogen and oxygen atoms in total. The predicted molar refractivity (Wildman–Crippen MR) is 83.2 cm³/mol. The lowest BCUT2D eigenvalue weighted by Gasteiger charge is -2.35. The van der Waals surface area contributed by atoms with E-state index in [4.69, 9.17) is 5.73 Å². The van der Waals surface area contributed by atoms with E-state index in [9.17, 15) is 4.39 Å². The van der Waals surface area contributed by atoms with E-state index in [0.29, 0.717) is 6.42 Å². The van der Waals surface area contributed by atoms with Crippen LogP contribution in [0.5, 0.6) is 0 Å². The third kappa shape index (κ3) is 2.94. The summed E-state index contributed by atoms with van der Waals surface area (Å²) in [6.45, 7) is 0. The van der Waals surface area contributed by atoms with Crippen molar-refractivity contribution in [1.29, 1.82) is 0 Å². The van der Waals surface area contributed by atoms with E-state index in [2.05, 4.69) is 40.2 Å². The Morgan fingerprint density at radius 2 is 1.90 bits per heavy atom. The van der Waals surface area contributed by atoms with Crippen LogP contribution in [-0.4, -0.2) is 5.54 Å². The van der Waals surface area contributed by atoms with Crippen LogP contribution in [-0.2, 0) is 19.3 Å². The summed E-state index contributed by atoms with van der Waals surface area (Å²) in [5.41, 5.74) is 9.98. The minimum atomic E-state index is -0.276. The highest BCUT2D eigenvalue weighted by Gasteiger charge is 2.30. The summed E-state index contributed by atoms with van der Waals surface area (Å²) >= 11 is 3.34. The molecule has 20 heavy (non-hydrogen) atoms. The van der Waals surface area contributed by atoms with Gasteiger partial charge in [0, 0.05) is 10.0 Å². The summed E-state index contributed by atoms with van der Waals surface area (Å²) in [5, 5.41) is 0. The van der Waals surface area contributed by atoms with Gasteiger partial charge in [0.25, 0.3) is 0 Å². The van der Waals surface area contributed by atoms with Crippen molar-refractivity contribution in [3.8, 4) is 0 Å². The van der Waals surface area contributed by atoms with Crippen LogP contribution in [0.2, 0.25) is 0 Å². The molecule has 0 saturated heterocycles. The van der Waals surface area contributed by atoms with Crippen molar-refractivity contribution in [2.75, 3.05) is 0 Å². The predicted octanol–water partition coefficient (Wildman–Crippen LogP) is 4.02. The Morgan fingerprint density at radius 3 is 2.65 bits per heavy atom. The second kappa shape index (κ2) is 5.30. The van der Waals surface area contributed by atoms with E-state index in [1.807, 2.05) is 6.07 Å². The normalized spacial score (nSPS) is 21.6. The van der Waals surface area contributed by atoms with E-state index in [1.165, 1.54) is 17.2 Å². The standard InChI is InChI=1S/C17H17BrFN/c18-15-7-12(8-16(19)9-15)10-17(20)6-5-13-3-1-2-4-14(13)11-17/h1-4,7-9H,5-6,10-11,20H2. The summed E-state index contributed by atoms with van der Waals surface area (Å²) in [6.07, 6.45) is 3.51. The Morgan fingerprint density at radius 1 is 1.15 bits per heavy atom. The summed E-state index contributed by atoms with van der Waals surface area (Å²) in [6, 6.07) is 13.5. The van der Waals surface area contributed by atoms with Gasteiger partial charge in [0.1, 0.15) is 5.82 Å². The molecule has 0 heterocycles. The van der Waals surface area contributed by atoms with Crippen molar-refractivity contribution in [3.05, 3.63) is 69.4 Å². The van der Waals surface area contributed by atoms with Crippen LogP contribution in [0.4, 0.5) is 4.39 Å². The van der Waals surface area contributed by atoms with Gasteiger partial charge in [0.2, 0.25) is 0 Å². The van der Waals surface area contributed by atoms with Gasteiger partial charge < -0.3 is 5.73 Å². The molecule has 2 N–H and O–H groups in total. The molecule has 3 rings (SSSR count). The number of halogens is 2. The fourth-order valence-electron chi connectivity index (χ4n) is 3.10. The summed E-state index contributed by atoms with van der Waals surface area (Å²) in [4.78, 5) is 0. The lowest BCUT2D eigenvalue weighted by molar-refractivity contribution is 0.369. The Bertz CT molecular complexity index is 620. The zero-order chi connectivity index (χ0) is 14.2. The maximum absolute atomic E-state index is 13.5. The number of hydrogen-bond acceptors (Lipinski definition) is 1. The van der Waals surface area contributed by atoms with Gasteiger partial charge in [-0.15, -0.1) is 0 Å². The van der Waals surface area contributed by atoms with Crippen LogP contribution < -0.4 is 5.73 Å². The smallest absolute Gasteiger partial charge is 0.124 e. The van der Waals surface area contributed by atoms with Gasteiger partial charge in [0.05, 0.1) is 0 Å². The van der Waals surface area contributed by atoms with E-state index in [1.54, 1.807) is 6.07 Å². The molecule has 1 aliphatic carbocycles. The van der Waals surface area contributed by atoms with Crippen molar-refractivity contribution in [1.82, 2.24) is 0 Å². The van der Waals surface area contributed by atoms with Gasteiger partial charge >= 0.3 is 0 Å². The molecule has 0 fully saturated rings. The van der Waals surface area contributed by atoms with Crippen LogP contribution >= 0.6 is 15.9 Å². The Hall–Kier alpha value is -1.19. The summed E-state index contributed by atoms with van der Waals surface area (Å²) in [5.74, 6) is -0.214. The van der Waals surface area contributed by atoms with Crippen molar-refractivity contribution < 1.29 is 4.39 Å². The van der Waals surface area contributed by atoms with Crippen molar-refractivity contribution in [3.63, 3.8) is 0 Å². The number of rotatable bonds is 2. The third-order valence-corrected chi connectivity index (χ3v) is 4.49. The fraction of sp³-hybridized carbons (Fsp3) is 0.294. The molecule has 0 radical (unpaired) electrons. The van der Waals surface area contributed by atoms with E-state index in [-0.39, 0.29) is 11.4 Å². The van der Waals surface area contributed by atoms with E-state index < -0.39 is 0 Å². The highest BCUT2D eigenvalue weighted by molar-refractivity contribution is 9.10. The van der Waals surface area contributed by atoms with Crippen LogP contribution in [0, 0.1) is 5.82 Å². The summed E-state index contributed by atoms with van der Waals surface area (Å²) in [7, 11) is 0. The molecule has 0 saturated carbocycles. The molecule has 0 aromatic heterocycles. The second-order valence-corrected chi connectivity index (χ2v) is 6.68. The number of aryl methyl sites for hydroxylation is 1. The zero-order valence-electron chi connectivity index (χ0n) is 11.2. The monoisotopic (exact) mass is 333 g/mol. The zero-order valence-corrected chi connectivity index (χ0v) is 12.8. The number of hydrogen-bond donors (Lipinski definition) is 1. The molecule has 0 aliphatic heterocycles. The quantitative estimate of drug-likeness (QED) is 0.882. The van der Waals surface area contributed by atoms with Gasteiger partial charge in [-0.05, 0) is 60.6 Å². The highest BCUT2D eigenvalue weighted by atomic mass is 79.9. The Balaban J connectivity index is 1.84.